The lowest BCUT2D eigenvalue weighted by Gasteiger charge is -2.34. The van der Waals surface area contributed by atoms with E-state index < -0.39 is 24.5 Å². The molecule has 0 aliphatic carbocycles. The highest BCUT2D eigenvalue weighted by Gasteiger charge is 2.35. The van der Waals surface area contributed by atoms with Crippen molar-refractivity contribution in [3.63, 3.8) is 0 Å². The van der Waals surface area contributed by atoms with E-state index in [2.05, 4.69) is 0 Å². The Morgan fingerprint density at radius 2 is 1.56 bits per heavy atom. The van der Waals surface area contributed by atoms with Gasteiger partial charge < -0.3 is 13.8 Å². The average molecular weight is 460 g/mol. The quantitative estimate of drug-likeness (QED) is 0.222. The van der Waals surface area contributed by atoms with Crippen molar-refractivity contribution in [1.29, 1.82) is 5.26 Å². The van der Waals surface area contributed by atoms with Crippen molar-refractivity contribution in [2.75, 3.05) is 32.9 Å². The fraction of sp³-hybridized carbons (Fsp3) is 0.350. The summed E-state index contributed by atoms with van der Waals surface area (Å²) < 4.78 is 19.4. The van der Waals surface area contributed by atoms with Crippen molar-refractivity contribution in [2.45, 2.75) is 12.5 Å². The summed E-state index contributed by atoms with van der Waals surface area (Å²) in [5, 5.41) is 32.3. The number of benzene rings is 2. The van der Waals surface area contributed by atoms with Crippen molar-refractivity contribution < 1.29 is 23.6 Å². The van der Waals surface area contributed by atoms with Crippen molar-refractivity contribution in [1.82, 2.24) is 4.67 Å². The van der Waals surface area contributed by atoms with Crippen LogP contribution in [0.4, 0.5) is 11.4 Å². The molecule has 0 aromatic heterocycles. The average Bonchev–Trinajstić information content (AvgIpc) is 2.82. The lowest BCUT2D eigenvalue weighted by atomic mass is 9.98. The molecule has 1 heterocycles. The van der Waals surface area contributed by atoms with Crippen molar-refractivity contribution >= 4 is 19.9 Å². The van der Waals surface area contributed by atoms with Gasteiger partial charge in [0.1, 0.15) is 6.10 Å². The van der Waals surface area contributed by atoms with Crippen LogP contribution in [0, 0.1) is 31.6 Å². The second kappa shape index (κ2) is 11.6. The Labute approximate surface area is 185 Å². The number of nitro benzene ring substituents is 2. The molecule has 11 nitrogen and oxygen atoms in total. The number of morpholine rings is 1. The third kappa shape index (κ3) is 5.82. The van der Waals surface area contributed by atoms with E-state index in [1.807, 2.05) is 10.7 Å². The third-order valence-corrected chi connectivity index (χ3v) is 6.32. The second-order valence-corrected chi connectivity index (χ2v) is 8.17. The molecule has 1 aliphatic heterocycles. The number of hydrogen-bond donors (Lipinski definition) is 0. The van der Waals surface area contributed by atoms with Crippen LogP contribution in [-0.2, 0) is 13.8 Å². The molecule has 32 heavy (non-hydrogen) atoms. The number of hydrogen-bond acceptors (Lipinski definition) is 9. The van der Waals surface area contributed by atoms with Crippen molar-refractivity contribution in [2.24, 2.45) is 0 Å². The SMILES string of the molecule is N#CCCOP(OC(c1ccccc1[N+](=O)[O-])c1ccccc1[N+](=O)[O-])N1CCOCC1. The van der Waals surface area contributed by atoms with Crippen LogP contribution in [0.15, 0.2) is 48.5 Å². The number of ether oxygens (including phenoxy) is 1. The Hall–Kier alpha value is -3.00. The van der Waals surface area contributed by atoms with Crippen molar-refractivity contribution in [3.05, 3.63) is 79.9 Å². The summed E-state index contributed by atoms with van der Waals surface area (Å²) in [6, 6.07) is 13.9. The monoisotopic (exact) mass is 460 g/mol. The number of para-hydroxylation sites is 2. The van der Waals surface area contributed by atoms with Crippen LogP contribution in [-0.4, -0.2) is 47.4 Å². The minimum atomic E-state index is -1.78. The molecule has 12 heteroatoms. The molecule has 0 N–H and O–H groups in total. The zero-order valence-corrected chi connectivity index (χ0v) is 17.9. The Kier molecular flexibility index (Phi) is 8.56. The van der Waals surface area contributed by atoms with Gasteiger partial charge in [-0.15, -0.1) is 0 Å². The summed E-state index contributed by atoms with van der Waals surface area (Å²) in [6.07, 6.45) is -0.997. The van der Waals surface area contributed by atoms with E-state index in [0.717, 1.165) is 0 Å². The fourth-order valence-electron chi connectivity index (χ4n) is 3.19. The predicted octanol–water partition coefficient (Wildman–Crippen LogP) is 4.10. The predicted molar refractivity (Wildman–Crippen MR) is 115 cm³/mol. The molecular formula is C20H21N4O7P. The zero-order valence-electron chi connectivity index (χ0n) is 17.0. The van der Waals surface area contributed by atoms with Gasteiger partial charge in [-0.1, -0.05) is 24.3 Å². The van der Waals surface area contributed by atoms with Crippen LogP contribution in [0.5, 0.6) is 0 Å². The topological polar surface area (TPSA) is 141 Å². The van der Waals surface area contributed by atoms with Gasteiger partial charge >= 0.3 is 0 Å². The van der Waals surface area contributed by atoms with Gasteiger partial charge in [0.05, 0.1) is 53.3 Å². The summed E-state index contributed by atoms with van der Waals surface area (Å²) in [4.78, 5) is 22.3. The normalized spacial score (nSPS) is 15.2. The maximum atomic E-state index is 11.7. The van der Waals surface area contributed by atoms with Gasteiger partial charge in [-0.2, -0.15) is 5.26 Å². The molecule has 0 spiro atoms. The van der Waals surface area contributed by atoms with E-state index in [9.17, 15) is 20.2 Å². The first-order chi connectivity index (χ1) is 15.5. The Balaban J connectivity index is 2.06. The summed E-state index contributed by atoms with van der Waals surface area (Å²) in [7, 11) is -1.78. The third-order valence-electron chi connectivity index (χ3n) is 4.66. The van der Waals surface area contributed by atoms with E-state index >= 15 is 0 Å². The largest absolute Gasteiger partial charge is 0.379 e. The van der Waals surface area contributed by atoms with Gasteiger partial charge in [0, 0.05) is 25.2 Å². The molecule has 168 valence electrons. The van der Waals surface area contributed by atoms with Crippen LogP contribution in [0.3, 0.4) is 0 Å². The highest BCUT2D eigenvalue weighted by molar-refractivity contribution is 7.44. The lowest BCUT2D eigenvalue weighted by Crippen LogP contribution is -2.33. The van der Waals surface area contributed by atoms with Crippen LogP contribution in [0.1, 0.15) is 23.7 Å². The molecule has 1 atom stereocenters. The van der Waals surface area contributed by atoms with Gasteiger partial charge in [0.2, 0.25) is 0 Å². The standard InChI is InChI=1S/C20H21N4O7P/c21-10-5-13-30-32(22-11-14-29-15-12-22)31-20(16-6-1-3-8-18(16)23(25)26)17-7-2-4-9-19(17)24(27)28/h1-4,6-9,20H,5,11-15H2. The molecule has 2 aromatic carbocycles. The fourth-order valence-corrected chi connectivity index (χ4v) is 4.69. The van der Waals surface area contributed by atoms with E-state index in [1.165, 1.54) is 36.4 Å². The molecule has 1 unspecified atom stereocenters. The van der Waals surface area contributed by atoms with Crippen LogP contribution in [0.25, 0.3) is 0 Å². The van der Waals surface area contributed by atoms with E-state index in [1.54, 1.807) is 12.1 Å². The maximum Gasteiger partial charge on any atom is 0.275 e. The highest BCUT2D eigenvalue weighted by atomic mass is 31.2. The van der Waals surface area contributed by atoms with Crippen LogP contribution >= 0.6 is 8.53 Å². The first kappa shape index (κ1) is 23.7. The van der Waals surface area contributed by atoms with E-state index in [0.29, 0.717) is 26.3 Å². The van der Waals surface area contributed by atoms with Crippen LogP contribution < -0.4 is 0 Å². The lowest BCUT2D eigenvalue weighted by molar-refractivity contribution is -0.387. The van der Waals surface area contributed by atoms with Crippen molar-refractivity contribution in [3.8, 4) is 6.07 Å². The van der Waals surface area contributed by atoms with E-state index in [4.69, 9.17) is 19.0 Å². The Morgan fingerprint density at radius 3 is 2.06 bits per heavy atom. The zero-order chi connectivity index (χ0) is 22.9. The number of nitriles is 1. The molecule has 0 bridgehead atoms. The molecule has 0 radical (unpaired) electrons. The summed E-state index contributed by atoms with van der Waals surface area (Å²) in [6.45, 7) is 1.99. The molecule has 0 saturated carbocycles. The molecule has 0 amide bonds. The Bertz CT molecular complexity index is 936. The highest BCUT2D eigenvalue weighted by Crippen LogP contribution is 2.51. The summed E-state index contributed by atoms with van der Waals surface area (Å²) in [5.41, 5.74) is -0.0814. The van der Waals surface area contributed by atoms with Gasteiger partial charge in [-0.3, -0.25) is 20.2 Å². The number of nitrogens with zero attached hydrogens (tertiary/aromatic N) is 4. The minimum absolute atomic E-state index is 0.0973. The number of nitro groups is 2. The molecule has 3 rings (SSSR count). The molecule has 2 aromatic rings. The first-order valence-corrected chi connectivity index (χ1v) is 10.9. The summed E-state index contributed by atoms with van der Waals surface area (Å²) >= 11 is 0. The second-order valence-electron chi connectivity index (χ2n) is 6.66. The van der Waals surface area contributed by atoms with Gasteiger partial charge in [0.15, 0.2) is 0 Å². The molecule has 1 fully saturated rings. The maximum absolute atomic E-state index is 11.7. The van der Waals surface area contributed by atoms with Gasteiger partial charge in [-0.05, 0) is 12.1 Å². The van der Waals surface area contributed by atoms with Crippen LogP contribution in [0.2, 0.25) is 0 Å². The number of rotatable bonds is 10. The summed E-state index contributed by atoms with van der Waals surface area (Å²) in [5.74, 6) is 0. The molecular weight excluding hydrogens is 439 g/mol. The minimum Gasteiger partial charge on any atom is -0.379 e. The van der Waals surface area contributed by atoms with Gasteiger partial charge in [0.25, 0.3) is 19.9 Å². The van der Waals surface area contributed by atoms with E-state index in [-0.39, 0.29) is 35.5 Å². The molecule has 1 aliphatic rings. The first-order valence-electron chi connectivity index (χ1n) is 9.79. The van der Waals surface area contributed by atoms with Gasteiger partial charge in [-0.25, -0.2) is 4.67 Å². The molecule has 1 saturated heterocycles. The smallest absolute Gasteiger partial charge is 0.275 e. The Morgan fingerprint density at radius 1 is 1.03 bits per heavy atom.